The minimum absolute atomic E-state index is 0.0520. The zero-order valence-electron chi connectivity index (χ0n) is 9.39. The minimum atomic E-state index is -0.351. The molecule has 0 aliphatic rings. The number of carbonyl (C=O) groups excluding carboxylic acids is 2. The molecule has 0 amide bonds. The number of nitrogens with zero attached hydrogens (tertiary/aromatic N) is 1. The summed E-state index contributed by atoms with van der Waals surface area (Å²) >= 11 is -0.235. The molecule has 0 aromatic carbocycles. The van der Waals surface area contributed by atoms with Crippen molar-refractivity contribution >= 4 is 26.3 Å². The van der Waals surface area contributed by atoms with Gasteiger partial charge < -0.3 is 0 Å². The van der Waals surface area contributed by atoms with Crippen molar-refractivity contribution in [2.45, 2.75) is 0 Å². The second kappa shape index (κ2) is 5.68. The van der Waals surface area contributed by atoms with E-state index in [9.17, 15) is 9.59 Å². The Morgan fingerprint density at radius 3 is 2.50 bits per heavy atom. The molecule has 86 valence electrons. The molecule has 0 radical (unpaired) electrons. The Bertz CT molecular complexity index is 421. The monoisotopic (exact) mass is 287 g/mol. The second-order valence-electron chi connectivity index (χ2n) is 3.30. The molecule has 0 unspecified atom stereocenters. The molecule has 0 aliphatic heterocycles. The summed E-state index contributed by atoms with van der Waals surface area (Å²) in [5.41, 5.74) is 0. The fourth-order valence-electron chi connectivity index (χ4n) is 0.980. The Morgan fingerprint density at radius 2 is 1.94 bits per heavy atom. The van der Waals surface area contributed by atoms with Crippen LogP contribution in [0.4, 0.5) is 0 Å². The van der Waals surface area contributed by atoms with Gasteiger partial charge in [-0.1, -0.05) is 0 Å². The van der Waals surface area contributed by atoms with Crippen LogP contribution in [0.1, 0.15) is 18.5 Å². The maximum atomic E-state index is 11.7. The Hall–Kier alpha value is -1.32. The van der Waals surface area contributed by atoms with E-state index in [1.54, 1.807) is 23.2 Å². The van der Waals surface area contributed by atoms with Crippen LogP contribution in [0.3, 0.4) is 0 Å². The van der Waals surface area contributed by atoms with Crippen LogP contribution in [0.15, 0.2) is 24.4 Å². The molecular formula is C11H13NO3Se. The van der Waals surface area contributed by atoms with Gasteiger partial charge in [-0.2, -0.15) is 0 Å². The number of carbonyl (C=O) groups is 2. The standard InChI is InChI=1S/C11H13NO3Se/c1-12(2)7-6-8(13)9-4-5-10(16-9)11(14)15-3/h4-7H,1-3H3. The van der Waals surface area contributed by atoms with Gasteiger partial charge in [-0.25, -0.2) is 0 Å². The fourth-order valence-corrected chi connectivity index (χ4v) is 2.75. The van der Waals surface area contributed by atoms with E-state index >= 15 is 0 Å². The predicted molar refractivity (Wildman–Crippen MR) is 61.9 cm³/mol. The van der Waals surface area contributed by atoms with E-state index < -0.39 is 0 Å². The Morgan fingerprint density at radius 1 is 1.31 bits per heavy atom. The fraction of sp³-hybridized carbons (Fsp3) is 0.273. The van der Waals surface area contributed by atoms with Crippen molar-refractivity contribution in [3.8, 4) is 0 Å². The molecule has 5 heteroatoms. The van der Waals surface area contributed by atoms with Crippen molar-refractivity contribution in [2.24, 2.45) is 0 Å². The Labute approximate surface area is 100 Å². The van der Waals surface area contributed by atoms with Crippen molar-refractivity contribution < 1.29 is 14.3 Å². The number of methoxy groups -OCH3 is 1. The summed E-state index contributed by atoms with van der Waals surface area (Å²) in [4.78, 5) is 24.6. The molecule has 0 atom stereocenters. The van der Waals surface area contributed by atoms with Gasteiger partial charge in [0, 0.05) is 0 Å². The van der Waals surface area contributed by atoms with E-state index in [0.717, 1.165) is 0 Å². The summed E-state index contributed by atoms with van der Waals surface area (Å²) in [6, 6.07) is 3.34. The first-order chi connectivity index (χ1) is 7.54. The molecule has 16 heavy (non-hydrogen) atoms. The average Bonchev–Trinajstić information content (AvgIpc) is 2.74. The molecule has 0 N–H and O–H groups in total. The topological polar surface area (TPSA) is 46.6 Å². The molecule has 0 saturated carbocycles. The third-order valence-electron chi connectivity index (χ3n) is 1.76. The second-order valence-corrected chi connectivity index (χ2v) is 5.57. The Kier molecular flexibility index (Phi) is 4.52. The van der Waals surface area contributed by atoms with Crippen LogP contribution in [0.25, 0.3) is 0 Å². The van der Waals surface area contributed by atoms with Crippen LogP contribution in [0, 0.1) is 0 Å². The zero-order valence-corrected chi connectivity index (χ0v) is 11.1. The number of hydrogen-bond acceptors (Lipinski definition) is 4. The molecule has 4 nitrogen and oxygen atoms in total. The number of rotatable bonds is 4. The SMILES string of the molecule is COC(=O)c1ccc(C(=O)C=CN(C)C)[se]1. The molecule has 1 heterocycles. The van der Waals surface area contributed by atoms with Crippen molar-refractivity contribution in [1.29, 1.82) is 0 Å². The summed E-state index contributed by atoms with van der Waals surface area (Å²) in [5, 5.41) is 0. The molecule has 0 saturated heterocycles. The first-order valence-electron chi connectivity index (χ1n) is 4.61. The molecule has 0 aliphatic carbocycles. The van der Waals surface area contributed by atoms with Crippen molar-refractivity contribution in [3.63, 3.8) is 0 Å². The van der Waals surface area contributed by atoms with Crippen LogP contribution >= 0.6 is 0 Å². The van der Waals surface area contributed by atoms with Crippen LogP contribution < -0.4 is 0 Å². The third kappa shape index (κ3) is 3.36. The van der Waals surface area contributed by atoms with E-state index in [1.165, 1.54) is 13.2 Å². The van der Waals surface area contributed by atoms with E-state index in [-0.39, 0.29) is 26.3 Å². The van der Waals surface area contributed by atoms with Crippen LogP contribution in [0.2, 0.25) is 0 Å². The van der Waals surface area contributed by atoms with E-state index in [2.05, 4.69) is 4.74 Å². The average molecular weight is 286 g/mol. The molecule has 0 fully saturated rings. The number of allylic oxidation sites excluding steroid dienone is 1. The molecule has 0 bridgehead atoms. The number of esters is 1. The molecule has 0 spiro atoms. The first-order valence-corrected chi connectivity index (χ1v) is 6.33. The summed E-state index contributed by atoms with van der Waals surface area (Å²) < 4.78 is 5.85. The van der Waals surface area contributed by atoms with Gasteiger partial charge in [0.05, 0.1) is 0 Å². The number of hydrogen-bond donors (Lipinski definition) is 0. The number of ether oxygens (including phenoxy) is 1. The Balaban J connectivity index is 2.78. The molecule has 1 aromatic rings. The van der Waals surface area contributed by atoms with Crippen LogP contribution in [-0.2, 0) is 4.74 Å². The van der Waals surface area contributed by atoms with E-state index in [4.69, 9.17) is 0 Å². The summed E-state index contributed by atoms with van der Waals surface area (Å²) in [7, 11) is 5.02. The van der Waals surface area contributed by atoms with Gasteiger partial charge >= 0.3 is 100.0 Å². The zero-order chi connectivity index (χ0) is 12.1. The summed E-state index contributed by atoms with van der Waals surface area (Å²) in [6.45, 7) is 0. The van der Waals surface area contributed by atoms with Gasteiger partial charge in [0.1, 0.15) is 0 Å². The van der Waals surface area contributed by atoms with Gasteiger partial charge in [0.15, 0.2) is 0 Å². The van der Waals surface area contributed by atoms with E-state index in [1.807, 2.05) is 14.1 Å². The van der Waals surface area contributed by atoms with Gasteiger partial charge in [-0.15, -0.1) is 0 Å². The maximum absolute atomic E-state index is 11.7. The van der Waals surface area contributed by atoms with Crippen LogP contribution in [0.5, 0.6) is 0 Å². The predicted octanol–water partition coefficient (Wildman–Crippen LogP) is 0.788. The first kappa shape index (κ1) is 12.7. The molecule has 1 rings (SSSR count). The van der Waals surface area contributed by atoms with E-state index in [0.29, 0.717) is 8.87 Å². The van der Waals surface area contributed by atoms with Crippen molar-refractivity contribution in [2.75, 3.05) is 21.2 Å². The summed E-state index contributed by atoms with van der Waals surface area (Å²) in [5.74, 6) is -0.403. The van der Waals surface area contributed by atoms with Crippen molar-refractivity contribution in [1.82, 2.24) is 4.90 Å². The molecule has 1 aromatic heterocycles. The van der Waals surface area contributed by atoms with Crippen LogP contribution in [-0.4, -0.2) is 52.4 Å². The quantitative estimate of drug-likeness (QED) is 0.355. The third-order valence-corrected chi connectivity index (χ3v) is 4.03. The van der Waals surface area contributed by atoms with Gasteiger partial charge in [0.2, 0.25) is 0 Å². The number of ketones is 1. The van der Waals surface area contributed by atoms with Gasteiger partial charge in [-0.05, 0) is 0 Å². The van der Waals surface area contributed by atoms with Gasteiger partial charge in [-0.3, -0.25) is 0 Å². The van der Waals surface area contributed by atoms with Crippen molar-refractivity contribution in [3.05, 3.63) is 33.3 Å². The summed E-state index contributed by atoms with van der Waals surface area (Å²) in [6.07, 6.45) is 3.19. The molecular weight excluding hydrogens is 273 g/mol. The normalized spacial score (nSPS) is 10.4. The van der Waals surface area contributed by atoms with Gasteiger partial charge in [0.25, 0.3) is 0 Å².